The third-order valence-corrected chi connectivity index (χ3v) is 9.86. The number of amides is 3. The Bertz CT molecular complexity index is 2000. The van der Waals surface area contributed by atoms with Crippen LogP contribution in [0.25, 0.3) is 10.8 Å². The standard InChI is InChI=1S/C41H50N4O6S/c1-40(2,3)51-39(48)42-41(4,5)26-15-22-37(46)45(7)36(29-30-23-24-31-16-11-12-18-33(31)28-30)38(47)44(6)27-25-32-17-13-14-21-35(32)43-52(49,50)34-19-9-8-10-20-34/h8-24,28,36,43H,25-27,29H2,1-7H3,(H,42,48)/t36-/m1/s1. The number of anilines is 1. The molecule has 0 aliphatic carbocycles. The third-order valence-electron chi connectivity index (χ3n) is 8.48. The first kappa shape index (κ1) is 39.6. The van der Waals surface area contributed by atoms with E-state index in [2.05, 4.69) is 10.0 Å². The van der Waals surface area contributed by atoms with E-state index in [4.69, 9.17) is 4.74 Å². The summed E-state index contributed by atoms with van der Waals surface area (Å²) in [7, 11) is -0.515. The van der Waals surface area contributed by atoms with Crippen LogP contribution in [0.3, 0.4) is 0 Å². The number of fused-ring (bicyclic) bond motifs is 1. The number of nitrogens with zero attached hydrogens (tertiary/aromatic N) is 2. The SMILES string of the molecule is CN(CCc1ccccc1NS(=O)(=O)c1ccccc1)C(=O)[C@@H](Cc1ccc2ccccc2c1)N(C)C(=O)C=CCC(C)(C)NC(=O)OC(C)(C)C. The van der Waals surface area contributed by atoms with Gasteiger partial charge in [0.25, 0.3) is 10.0 Å². The fraction of sp³-hybridized carbons (Fsp3) is 0.341. The number of alkyl carbamates (subject to hydrolysis) is 1. The summed E-state index contributed by atoms with van der Waals surface area (Å²) in [6.45, 7) is 9.31. The summed E-state index contributed by atoms with van der Waals surface area (Å²) in [4.78, 5) is 43.3. The van der Waals surface area contributed by atoms with E-state index in [-0.39, 0.29) is 29.7 Å². The fourth-order valence-electron chi connectivity index (χ4n) is 5.63. The molecule has 0 fully saturated rings. The molecular weight excluding hydrogens is 677 g/mol. The molecule has 0 bridgehead atoms. The van der Waals surface area contributed by atoms with Gasteiger partial charge in [-0.25, -0.2) is 13.2 Å². The van der Waals surface area contributed by atoms with Crippen molar-refractivity contribution in [3.63, 3.8) is 0 Å². The van der Waals surface area contributed by atoms with Crippen LogP contribution in [-0.4, -0.2) is 73.9 Å². The molecule has 4 aromatic rings. The maximum absolute atomic E-state index is 14.2. The molecule has 52 heavy (non-hydrogen) atoms. The van der Waals surface area contributed by atoms with Gasteiger partial charge >= 0.3 is 6.09 Å². The van der Waals surface area contributed by atoms with Crippen molar-refractivity contribution in [3.05, 3.63) is 120 Å². The van der Waals surface area contributed by atoms with Gasteiger partial charge in [0.15, 0.2) is 0 Å². The summed E-state index contributed by atoms with van der Waals surface area (Å²) in [6, 6.07) is 28.4. The molecule has 0 saturated heterocycles. The highest BCUT2D eigenvalue weighted by molar-refractivity contribution is 7.92. The van der Waals surface area contributed by atoms with E-state index >= 15 is 0 Å². The van der Waals surface area contributed by atoms with Crippen LogP contribution in [-0.2, 0) is 37.2 Å². The second kappa shape index (κ2) is 16.9. The Labute approximate surface area is 307 Å². The molecule has 1 atom stereocenters. The zero-order valence-electron chi connectivity index (χ0n) is 31.1. The lowest BCUT2D eigenvalue weighted by Gasteiger charge is -2.31. The lowest BCUT2D eigenvalue weighted by molar-refractivity contribution is -0.141. The first-order valence-electron chi connectivity index (χ1n) is 17.3. The average Bonchev–Trinajstić information content (AvgIpc) is 3.08. The van der Waals surface area contributed by atoms with Crippen molar-refractivity contribution >= 4 is 44.4 Å². The molecule has 0 spiro atoms. The maximum Gasteiger partial charge on any atom is 0.408 e. The van der Waals surface area contributed by atoms with Gasteiger partial charge in [0.1, 0.15) is 11.6 Å². The largest absolute Gasteiger partial charge is 0.444 e. The van der Waals surface area contributed by atoms with Gasteiger partial charge in [-0.15, -0.1) is 0 Å². The molecule has 4 rings (SSSR count). The van der Waals surface area contributed by atoms with Gasteiger partial charge < -0.3 is 19.9 Å². The Hall–Kier alpha value is -5.16. The third kappa shape index (κ3) is 11.4. The van der Waals surface area contributed by atoms with Crippen LogP contribution in [0.4, 0.5) is 10.5 Å². The molecule has 0 radical (unpaired) electrons. The van der Waals surface area contributed by atoms with Crippen LogP contribution in [0.5, 0.6) is 0 Å². The number of sulfonamides is 1. The Balaban J connectivity index is 1.50. The highest BCUT2D eigenvalue weighted by atomic mass is 32.2. The first-order valence-corrected chi connectivity index (χ1v) is 18.8. The van der Waals surface area contributed by atoms with Crippen LogP contribution >= 0.6 is 0 Å². The predicted octanol–water partition coefficient (Wildman–Crippen LogP) is 6.96. The van der Waals surface area contributed by atoms with Crippen molar-refractivity contribution in [3.8, 4) is 0 Å². The lowest BCUT2D eigenvalue weighted by atomic mass is 9.99. The van der Waals surface area contributed by atoms with Gasteiger partial charge in [0.2, 0.25) is 11.8 Å². The number of rotatable bonds is 14. The summed E-state index contributed by atoms with van der Waals surface area (Å²) < 4.78 is 34.2. The highest BCUT2D eigenvalue weighted by Gasteiger charge is 2.30. The molecule has 0 unspecified atom stereocenters. The monoisotopic (exact) mass is 726 g/mol. The van der Waals surface area contributed by atoms with Crippen LogP contribution in [0, 0.1) is 0 Å². The lowest BCUT2D eigenvalue weighted by Crippen LogP contribution is -2.49. The Morgan fingerprint density at radius 1 is 0.827 bits per heavy atom. The highest BCUT2D eigenvalue weighted by Crippen LogP contribution is 2.22. The smallest absolute Gasteiger partial charge is 0.408 e. The Kier molecular flexibility index (Phi) is 12.9. The number of para-hydroxylation sites is 1. The normalized spacial score (nSPS) is 12.7. The molecule has 2 N–H and O–H groups in total. The molecule has 11 heteroatoms. The van der Waals surface area contributed by atoms with E-state index < -0.39 is 33.3 Å². The van der Waals surface area contributed by atoms with Gasteiger partial charge in [0, 0.05) is 32.6 Å². The van der Waals surface area contributed by atoms with Gasteiger partial charge in [-0.3, -0.25) is 14.3 Å². The Morgan fingerprint density at radius 2 is 1.46 bits per heavy atom. The molecule has 3 amide bonds. The summed E-state index contributed by atoms with van der Waals surface area (Å²) >= 11 is 0. The van der Waals surface area contributed by atoms with Crippen molar-refractivity contribution in [1.29, 1.82) is 0 Å². The summed E-state index contributed by atoms with van der Waals surface area (Å²) in [5, 5.41) is 4.94. The molecule has 0 heterocycles. The minimum atomic E-state index is -3.81. The predicted molar refractivity (Wildman–Crippen MR) is 206 cm³/mol. The molecule has 10 nitrogen and oxygen atoms in total. The number of hydrogen-bond acceptors (Lipinski definition) is 6. The Morgan fingerprint density at radius 3 is 2.15 bits per heavy atom. The summed E-state index contributed by atoms with van der Waals surface area (Å²) in [6.07, 6.45) is 3.57. The number of hydrogen-bond donors (Lipinski definition) is 2. The van der Waals surface area contributed by atoms with Gasteiger partial charge in [-0.05, 0) is 93.6 Å². The molecule has 0 aromatic heterocycles. The van der Waals surface area contributed by atoms with Crippen molar-refractivity contribution < 1.29 is 27.5 Å². The van der Waals surface area contributed by atoms with Crippen LogP contribution in [0.15, 0.2) is 114 Å². The summed E-state index contributed by atoms with van der Waals surface area (Å²) in [5.74, 6) is -0.618. The maximum atomic E-state index is 14.2. The molecule has 0 saturated carbocycles. The van der Waals surface area contributed by atoms with Gasteiger partial charge in [0.05, 0.1) is 10.6 Å². The molecular formula is C41H50N4O6S. The number of benzene rings is 4. The average molecular weight is 727 g/mol. The number of carbonyl (C=O) groups is 3. The van der Waals surface area contributed by atoms with E-state index in [9.17, 15) is 22.8 Å². The van der Waals surface area contributed by atoms with E-state index in [0.29, 0.717) is 18.5 Å². The van der Waals surface area contributed by atoms with E-state index in [0.717, 1.165) is 21.9 Å². The number of nitrogens with one attached hydrogen (secondary N) is 2. The van der Waals surface area contributed by atoms with Gasteiger partial charge in [-0.2, -0.15) is 0 Å². The zero-order chi connectivity index (χ0) is 38.1. The number of carbonyl (C=O) groups excluding carboxylic acids is 3. The van der Waals surface area contributed by atoms with E-state index in [1.165, 1.54) is 23.1 Å². The summed E-state index contributed by atoms with van der Waals surface area (Å²) in [5.41, 5.74) is 0.725. The second-order valence-electron chi connectivity index (χ2n) is 14.6. The molecule has 276 valence electrons. The minimum Gasteiger partial charge on any atom is -0.444 e. The van der Waals surface area contributed by atoms with Crippen molar-refractivity contribution in [2.24, 2.45) is 0 Å². The first-order chi connectivity index (χ1) is 24.4. The topological polar surface area (TPSA) is 125 Å². The van der Waals surface area contributed by atoms with Crippen LogP contribution in [0.1, 0.15) is 52.2 Å². The fourth-order valence-corrected chi connectivity index (χ4v) is 6.75. The van der Waals surface area contributed by atoms with Crippen molar-refractivity contribution in [2.75, 3.05) is 25.4 Å². The van der Waals surface area contributed by atoms with Crippen LogP contribution in [0.2, 0.25) is 0 Å². The molecule has 4 aromatic carbocycles. The van der Waals surface area contributed by atoms with Crippen molar-refractivity contribution in [1.82, 2.24) is 15.1 Å². The minimum absolute atomic E-state index is 0.151. The van der Waals surface area contributed by atoms with Gasteiger partial charge in [-0.1, -0.05) is 84.9 Å². The van der Waals surface area contributed by atoms with E-state index in [1.807, 2.05) is 68.4 Å². The second-order valence-corrected chi connectivity index (χ2v) is 16.2. The zero-order valence-corrected chi connectivity index (χ0v) is 31.9. The number of ether oxygens (including phenoxy) is 1. The number of likely N-dealkylation sites (N-methyl/N-ethyl adjacent to an activating group) is 2. The quantitative estimate of drug-likeness (QED) is 0.135. The van der Waals surface area contributed by atoms with E-state index in [1.54, 1.807) is 76.2 Å². The van der Waals surface area contributed by atoms with Crippen molar-refractivity contribution in [2.45, 2.75) is 76.0 Å². The molecule has 0 aliphatic heterocycles. The molecule has 0 aliphatic rings. The van der Waals surface area contributed by atoms with Crippen LogP contribution < -0.4 is 10.0 Å².